The number of thiocarbonyl (C=S) groups is 1. The topological polar surface area (TPSA) is 24.1 Å². The van der Waals surface area contributed by atoms with Crippen LogP contribution in [0, 0.1) is 18.8 Å². The van der Waals surface area contributed by atoms with E-state index in [-0.39, 0.29) is 0 Å². The molecule has 1 saturated carbocycles. The first-order valence-electron chi connectivity index (χ1n) is 10.2. The number of nitrogens with one attached hydrogen (secondary N) is 2. The predicted octanol–water partition coefficient (Wildman–Crippen LogP) is 6.01. The van der Waals surface area contributed by atoms with Crippen molar-refractivity contribution in [3.63, 3.8) is 0 Å². The van der Waals surface area contributed by atoms with Gasteiger partial charge in [0.25, 0.3) is 0 Å². The lowest BCUT2D eigenvalue weighted by molar-refractivity contribution is 0.194. The molecule has 1 fully saturated rings. The van der Waals surface area contributed by atoms with Gasteiger partial charge in [0, 0.05) is 11.7 Å². The van der Waals surface area contributed by atoms with E-state index >= 15 is 0 Å². The lowest BCUT2D eigenvalue weighted by Crippen LogP contribution is -2.48. The van der Waals surface area contributed by atoms with Gasteiger partial charge < -0.3 is 10.6 Å². The summed E-state index contributed by atoms with van der Waals surface area (Å²) in [5.74, 6) is 1.49. The van der Waals surface area contributed by atoms with Gasteiger partial charge in [0.05, 0.1) is 0 Å². The van der Waals surface area contributed by atoms with E-state index in [1.54, 1.807) is 0 Å². The molecule has 0 aliphatic heterocycles. The summed E-state index contributed by atoms with van der Waals surface area (Å²) in [6, 6.07) is 5.09. The average Bonchev–Trinajstić information content (AvgIpc) is 2.62. The second kappa shape index (κ2) is 9.56. The van der Waals surface area contributed by atoms with Gasteiger partial charge in [0.2, 0.25) is 0 Å². The van der Waals surface area contributed by atoms with Crippen LogP contribution in [0.5, 0.6) is 0 Å². The van der Waals surface area contributed by atoms with E-state index in [1.807, 2.05) is 0 Å². The Kier molecular flexibility index (Phi) is 7.74. The van der Waals surface area contributed by atoms with E-state index in [0.717, 1.165) is 29.8 Å². The summed E-state index contributed by atoms with van der Waals surface area (Å²) in [5, 5.41) is 8.07. The molecule has 2 nitrogen and oxygen atoms in total. The molecule has 1 aliphatic carbocycles. The molecule has 140 valence electrons. The molecule has 0 heterocycles. The molecule has 0 aromatic heterocycles. The molecular formula is C22H36N2S. The Hall–Kier alpha value is -1.09. The second-order valence-electron chi connectivity index (χ2n) is 7.56. The van der Waals surface area contributed by atoms with Crippen LogP contribution in [0.2, 0.25) is 0 Å². The van der Waals surface area contributed by atoms with Crippen molar-refractivity contribution in [2.24, 2.45) is 11.8 Å². The minimum Gasteiger partial charge on any atom is -0.359 e. The maximum atomic E-state index is 5.74. The minimum absolute atomic E-state index is 0.518. The van der Waals surface area contributed by atoms with Crippen molar-refractivity contribution in [3.05, 3.63) is 28.8 Å². The summed E-state index contributed by atoms with van der Waals surface area (Å²) in [4.78, 5) is 0. The van der Waals surface area contributed by atoms with Crippen molar-refractivity contribution in [2.75, 3.05) is 5.32 Å². The van der Waals surface area contributed by atoms with Gasteiger partial charge in [-0.3, -0.25) is 0 Å². The Bertz CT molecular complexity index is 544. The molecular weight excluding hydrogens is 324 g/mol. The zero-order chi connectivity index (χ0) is 18.4. The Morgan fingerprint density at radius 3 is 1.96 bits per heavy atom. The summed E-state index contributed by atoms with van der Waals surface area (Å²) in [6.07, 6.45) is 8.56. The van der Waals surface area contributed by atoms with Crippen LogP contribution in [0.4, 0.5) is 5.69 Å². The van der Waals surface area contributed by atoms with Crippen LogP contribution >= 0.6 is 12.2 Å². The van der Waals surface area contributed by atoms with Crippen LogP contribution in [0.25, 0.3) is 0 Å². The molecule has 0 radical (unpaired) electrons. The number of rotatable bonds is 6. The first kappa shape index (κ1) is 20.2. The lowest BCUT2D eigenvalue weighted by Gasteiger charge is -2.39. The van der Waals surface area contributed by atoms with Gasteiger partial charge in [0.1, 0.15) is 0 Å². The number of hydrogen-bond donors (Lipinski definition) is 2. The molecule has 3 heteroatoms. The zero-order valence-corrected chi connectivity index (χ0v) is 17.6. The molecule has 1 aromatic carbocycles. The highest BCUT2D eigenvalue weighted by Crippen LogP contribution is 2.33. The van der Waals surface area contributed by atoms with E-state index < -0.39 is 0 Å². The molecule has 0 saturated heterocycles. The predicted molar refractivity (Wildman–Crippen MR) is 114 cm³/mol. The van der Waals surface area contributed by atoms with Gasteiger partial charge in [-0.1, -0.05) is 64.7 Å². The monoisotopic (exact) mass is 360 g/mol. The van der Waals surface area contributed by atoms with Gasteiger partial charge in [-0.05, 0) is 67.8 Å². The maximum absolute atomic E-state index is 5.74. The van der Waals surface area contributed by atoms with Crippen LogP contribution in [-0.2, 0) is 12.8 Å². The molecule has 2 rings (SSSR count). The molecule has 0 bridgehead atoms. The molecule has 2 N–H and O–H groups in total. The molecule has 1 aliphatic rings. The Morgan fingerprint density at radius 1 is 1.00 bits per heavy atom. The van der Waals surface area contributed by atoms with Gasteiger partial charge in [-0.25, -0.2) is 0 Å². The highest BCUT2D eigenvalue weighted by Gasteiger charge is 2.31. The largest absolute Gasteiger partial charge is 0.359 e. The van der Waals surface area contributed by atoms with Crippen molar-refractivity contribution < 1.29 is 0 Å². The van der Waals surface area contributed by atoms with E-state index in [4.69, 9.17) is 12.2 Å². The van der Waals surface area contributed by atoms with Crippen molar-refractivity contribution in [1.82, 2.24) is 5.32 Å². The quantitative estimate of drug-likeness (QED) is 0.607. The molecule has 0 spiro atoms. The first-order chi connectivity index (χ1) is 12.0. The number of hydrogen-bond acceptors (Lipinski definition) is 1. The summed E-state index contributed by atoms with van der Waals surface area (Å²) in [6.45, 7) is 11.3. The smallest absolute Gasteiger partial charge is 0.171 e. The highest BCUT2D eigenvalue weighted by molar-refractivity contribution is 7.80. The molecule has 0 amide bonds. The van der Waals surface area contributed by atoms with Gasteiger partial charge in [-0.2, -0.15) is 0 Å². The Balaban J connectivity index is 2.16. The van der Waals surface area contributed by atoms with Crippen LogP contribution in [-0.4, -0.2) is 11.2 Å². The van der Waals surface area contributed by atoms with Crippen LogP contribution in [0.15, 0.2) is 12.1 Å². The summed E-state index contributed by atoms with van der Waals surface area (Å²) >= 11 is 5.74. The minimum atomic E-state index is 0.518. The number of aryl methyl sites for hydroxylation is 3. The SMILES string of the molecule is CCc1cc(C)cc(CC)c1NC(=S)NC1C(CC)CCCC1CC. The van der Waals surface area contributed by atoms with Crippen LogP contribution < -0.4 is 10.6 Å². The third kappa shape index (κ3) is 4.97. The molecule has 25 heavy (non-hydrogen) atoms. The van der Waals surface area contributed by atoms with Gasteiger partial charge in [0.15, 0.2) is 5.11 Å². The maximum Gasteiger partial charge on any atom is 0.171 e. The third-order valence-electron chi connectivity index (χ3n) is 5.96. The fraction of sp³-hybridized carbons (Fsp3) is 0.682. The standard InChI is InChI=1S/C22H36N2S/c1-6-16-11-10-12-17(7-2)20(16)23-22(25)24-21-18(8-3)13-15(5)14-19(21)9-4/h13-14,16-17,20H,6-12H2,1-5H3,(H2,23,24,25). The van der Waals surface area contributed by atoms with Crippen LogP contribution in [0.3, 0.4) is 0 Å². The van der Waals surface area contributed by atoms with E-state index in [9.17, 15) is 0 Å². The summed E-state index contributed by atoms with van der Waals surface area (Å²) in [7, 11) is 0. The normalized spacial score (nSPS) is 23.3. The molecule has 2 atom stereocenters. The zero-order valence-electron chi connectivity index (χ0n) is 16.7. The number of benzene rings is 1. The second-order valence-corrected chi connectivity index (χ2v) is 7.97. The van der Waals surface area contributed by atoms with Crippen molar-refractivity contribution in [3.8, 4) is 0 Å². The first-order valence-corrected chi connectivity index (χ1v) is 10.6. The van der Waals surface area contributed by atoms with Crippen molar-refractivity contribution >= 4 is 23.0 Å². The Morgan fingerprint density at radius 2 is 1.52 bits per heavy atom. The van der Waals surface area contributed by atoms with E-state index in [2.05, 4.69) is 57.4 Å². The highest BCUT2D eigenvalue weighted by atomic mass is 32.1. The lowest BCUT2D eigenvalue weighted by atomic mass is 9.74. The fourth-order valence-corrected chi connectivity index (χ4v) is 4.74. The molecule has 1 aromatic rings. The fourth-order valence-electron chi connectivity index (χ4n) is 4.50. The van der Waals surface area contributed by atoms with Crippen LogP contribution in [0.1, 0.15) is 76.5 Å². The number of anilines is 1. The summed E-state index contributed by atoms with van der Waals surface area (Å²) < 4.78 is 0. The van der Waals surface area contributed by atoms with Crippen molar-refractivity contribution in [2.45, 2.75) is 85.6 Å². The Labute approximate surface area is 160 Å². The molecule has 2 unspecified atom stereocenters. The van der Waals surface area contributed by atoms with E-state index in [0.29, 0.717) is 6.04 Å². The average molecular weight is 361 g/mol. The summed E-state index contributed by atoms with van der Waals surface area (Å²) in [5.41, 5.74) is 5.29. The van der Waals surface area contributed by atoms with Gasteiger partial charge >= 0.3 is 0 Å². The van der Waals surface area contributed by atoms with Crippen molar-refractivity contribution in [1.29, 1.82) is 0 Å². The van der Waals surface area contributed by atoms with E-state index in [1.165, 1.54) is 54.5 Å². The third-order valence-corrected chi connectivity index (χ3v) is 6.18. The van der Waals surface area contributed by atoms with Gasteiger partial charge in [-0.15, -0.1) is 0 Å².